The number of likely N-dealkylation sites (tertiary alicyclic amines) is 1. The molecule has 1 saturated heterocycles. The van der Waals surface area contributed by atoms with E-state index in [4.69, 9.17) is 0 Å². The Labute approximate surface area is 144 Å². The highest BCUT2D eigenvalue weighted by Gasteiger charge is 2.33. The molecule has 6 nitrogen and oxygen atoms in total. The third-order valence-electron chi connectivity index (χ3n) is 4.42. The molecule has 3 rings (SSSR count). The van der Waals surface area contributed by atoms with Crippen LogP contribution in [0, 0.1) is 10.1 Å². The summed E-state index contributed by atoms with van der Waals surface area (Å²) in [6, 6.07) is 8.11. The zero-order valence-corrected chi connectivity index (χ0v) is 14.2. The number of hydrogen-bond donors (Lipinski definition) is 1. The quantitative estimate of drug-likeness (QED) is 0.660. The van der Waals surface area contributed by atoms with E-state index in [1.54, 1.807) is 23.5 Å². The van der Waals surface area contributed by atoms with Crippen LogP contribution in [0.25, 0.3) is 0 Å². The fraction of sp³-hybridized carbons (Fsp3) is 0.353. The zero-order valence-electron chi connectivity index (χ0n) is 13.3. The number of nitrogens with zero attached hydrogens (tertiary/aromatic N) is 2. The lowest BCUT2D eigenvalue weighted by Gasteiger charge is -2.29. The van der Waals surface area contributed by atoms with Gasteiger partial charge in [0.15, 0.2) is 0 Å². The van der Waals surface area contributed by atoms with E-state index in [0.29, 0.717) is 5.69 Å². The topological polar surface area (TPSA) is 75.5 Å². The van der Waals surface area contributed by atoms with Crippen LogP contribution in [0.15, 0.2) is 41.1 Å². The molecule has 24 heavy (non-hydrogen) atoms. The van der Waals surface area contributed by atoms with Crippen LogP contribution in [0.3, 0.4) is 0 Å². The van der Waals surface area contributed by atoms with Crippen molar-refractivity contribution in [3.8, 4) is 0 Å². The van der Waals surface area contributed by atoms with Crippen molar-refractivity contribution in [2.45, 2.75) is 31.8 Å². The van der Waals surface area contributed by atoms with Crippen LogP contribution in [0.2, 0.25) is 0 Å². The van der Waals surface area contributed by atoms with Crippen molar-refractivity contribution >= 4 is 28.6 Å². The fourth-order valence-electron chi connectivity index (χ4n) is 3.17. The van der Waals surface area contributed by atoms with Crippen molar-refractivity contribution in [1.29, 1.82) is 0 Å². The van der Waals surface area contributed by atoms with E-state index in [0.717, 1.165) is 19.4 Å². The summed E-state index contributed by atoms with van der Waals surface area (Å²) in [5.74, 6) is -0.141. The Morgan fingerprint density at radius 2 is 2.29 bits per heavy atom. The number of nitrogens with one attached hydrogen (secondary N) is 1. The van der Waals surface area contributed by atoms with Gasteiger partial charge in [0, 0.05) is 23.9 Å². The predicted octanol–water partition coefficient (Wildman–Crippen LogP) is 3.82. The molecule has 1 amide bonds. The largest absolute Gasteiger partial charge is 0.324 e. The summed E-state index contributed by atoms with van der Waals surface area (Å²) in [6.07, 6.45) is 2.11. The van der Waals surface area contributed by atoms with E-state index in [9.17, 15) is 14.9 Å². The van der Waals surface area contributed by atoms with Gasteiger partial charge in [0.25, 0.3) is 5.69 Å². The normalized spacial score (nSPS) is 19.1. The summed E-state index contributed by atoms with van der Waals surface area (Å²) in [4.78, 5) is 25.2. The number of carbonyl (C=O) groups excluding carboxylic acids is 1. The van der Waals surface area contributed by atoms with E-state index < -0.39 is 4.92 Å². The highest BCUT2D eigenvalue weighted by Crippen LogP contribution is 2.34. The van der Waals surface area contributed by atoms with Crippen molar-refractivity contribution in [3.63, 3.8) is 0 Å². The predicted molar refractivity (Wildman–Crippen MR) is 94.2 cm³/mol. The number of non-ortho nitro benzene ring substituents is 1. The van der Waals surface area contributed by atoms with Crippen molar-refractivity contribution in [1.82, 2.24) is 4.90 Å². The molecular weight excluding hydrogens is 326 g/mol. The van der Waals surface area contributed by atoms with Crippen LogP contribution in [0.5, 0.6) is 0 Å². The van der Waals surface area contributed by atoms with Gasteiger partial charge in [-0.15, -0.1) is 0 Å². The fourth-order valence-corrected chi connectivity index (χ4v) is 3.88. The first-order valence-electron chi connectivity index (χ1n) is 7.89. The van der Waals surface area contributed by atoms with Crippen LogP contribution in [-0.4, -0.2) is 28.3 Å². The first kappa shape index (κ1) is 16.6. The number of hydrogen-bond acceptors (Lipinski definition) is 5. The van der Waals surface area contributed by atoms with Gasteiger partial charge in [-0.2, -0.15) is 11.3 Å². The Morgan fingerprint density at radius 3 is 3.00 bits per heavy atom. The van der Waals surface area contributed by atoms with Gasteiger partial charge >= 0.3 is 0 Å². The molecule has 1 aromatic heterocycles. The second kappa shape index (κ2) is 7.11. The molecule has 0 saturated carbocycles. The second-order valence-corrected chi connectivity index (χ2v) is 6.71. The Kier molecular flexibility index (Phi) is 4.92. The van der Waals surface area contributed by atoms with E-state index in [2.05, 4.69) is 27.0 Å². The number of amides is 1. The molecule has 126 valence electrons. The van der Waals surface area contributed by atoms with Crippen LogP contribution in [-0.2, 0) is 4.79 Å². The molecule has 0 bridgehead atoms. The molecule has 1 N–H and O–H groups in total. The zero-order chi connectivity index (χ0) is 17.1. The summed E-state index contributed by atoms with van der Waals surface area (Å²) in [5, 5.41) is 17.8. The minimum Gasteiger partial charge on any atom is -0.324 e. The number of nitro benzene ring substituents is 1. The number of benzene rings is 1. The van der Waals surface area contributed by atoms with Crippen molar-refractivity contribution in [3.05, 3.63) is 56.8 Å². The SMILES string of the molecule is C[C@H](C(=O)Nc1cccc([N+](=O)[O-])c1)N1CCC[C@@H]1c1ccsc1. The smallest absolute Gasteiger partial charge is 0.271 e. The molecule has 0 spiro atoms. The lowest BCUT2D eigenvalue weighted by Crippen LogP contribution is -2.41. The molecule has 7 heteroatoms. The molecular formula is C17H19N3O3S. The monoisotopic (exact) mass is 345 g/mol. The molecule has 2 heterocycles. The standard InChI is InChI=1S/C17H19N3O3S/c1-12(19-8-3-6-16(19)13-7-9-24-11-13)17(21)18-14-4-2-5-15(10-14)20(22)23/h2,4-5,7,9-12,16H,3,6,8H2,1H3,(H,18,21)/t12-,16-/m1/s1. The molecule has 2 aromatic rings. The second-order valence-electron chi connectivity index (χ2n) is 5.93. The molecule has 2 atom stereocenters. The first-order valence-corrected chi connectivity index (χ1v) is 8.83. The van der Waals surface area contributed by atoms with Gasteiger partial charge < -0.3 is 5.32 Å². The Bertz CT molecular complexity index is 732. The summed E-state index contributed by atoms with van der Waals surface area (Å²) in [7, 11) is 0. The molecule has 0 unspecified atom stereocenters. The third kappa shape index (κ3) is 3.47. The summed E-state index contributed by atoms with van der Waals surface area (Å²) in [6.45, 7) is 2.77. The molecule has 0 radical (unpaired) electrons. The summed E-state index contributed by atoms with van der Waals surface area (Å²) in [5.41, 5.74) is 1.68. The van der Waals surface area contributed by atoms with Crippen LogP contribution >= 0.6 is 11.3 Å². The maximum Gasteiger partial charge on any atom is 0.271 e. The van der Waals surface area contributed by atoms with E-state index in [1.165, 1.54) is 17.7 Å². The molecule has 1 aliphatic rings. The lowest BCUT2D eigenvalue weighted by atomic mass is 10.1. The number of anilines is 1. The maximum absolute atomic E-state index is 12.6. The first-order chi connectivity index (χ1) is 11.6. The Morgan fingerprint density at radius 1 is 1.46 bits per heavy atom. The van der Waals surface area contributed by atoms with Gasteiger partial charge in [-0.1, -0.05) is 6.07 Å². The number of rotatable bonds is 5. The summed E-state index contributed by atoms with van der Waals surface area (Å²) >= 11 is 1.66. The number of carbonyl (C=O) groups is 1. The van der Waals surface area contributed by atoms with Gasteiger partial charge in [0.05, 0.1) is 11.0 Å². The Balaban J connectivity index is 1.70. The minimum atomic E-state index is -0.466. The lowest BCUT2D eigenvalue weighted by molar-refractivity contribution is -0.384. The van der Waals surface area contributed by atoms with Crippen molar-refractivity contribution in [2.75, 3.05) is 11.9 Å². The van der Waals surface area contributed by atoms with Gasteiger partial charge in [-0.05, 0) is 54.8 Å². The van der Waals surface area contributed by atoms with Gasteiger partial charge in [0.1, 0.15) is 0 Å². The van der Waals surface area contributed by atoms with E-state index >= 15 is 0 Å². The minimum absolute atomic E-state index is 0.0298. The van der Waals surface area contributed by atoms with Crippen LogP contribution < -0.4 is 5.32 Å². The highest BCUT2D eigenvalue weighted by atomic mass is 32.1. The average Bonchev–Trinajstić information content (AvgIpc) is 3.25. The molecule has 1 aliphatic heterocycles. The highest BCUT2D eigenvalue weighted by molar-refractivity contribution is 7.07. The van der Waals surface area contributed by atoms with Crippen LogP contribution in [0.1, 0.15) is 31.4 Å². The van der Waals surface area contributed by atoms with E-state index in [1.807, 2.05) is 6.92 Å². The van der Waals surface area contributed by atoms with E-state index in [-0.39, 0.29) is 23.7 Å². The van der Waals surface area contributed by atoms with Crippen molar-refractivity contribution in [2.24, 2.45) is 0 Å². The number of nitro groups is 1. The molecule has 1 fully saturated rings. The van der Waals surface area contributed by atoms with Gasteiger partial charge in [-0.25, -0.2) is 0 Å². The third-order valence-corrected chi connectivity index (χ3v) is 5.13. The van der Waals surface area contributed by atoms with Gasteiger partial charge in [-0.3, -0.25) is 19.8 Å². The van der Waals surface area contributed by atoms with Crippen LogP contribution in [0.4, 0.5) is 11.4 Å². The summed E-state index contributed by atoms with van der Waals surface area (Å²) < 4.78 is 0. The maximum atomic E-state index is 12.6. The number of thiophene rings is 1. The van der Waals surface area contributed by atoms with Crippen molar-refractivity contribution < 1.29 is 9.72 Å². The van der Waals surface area contributed by atoms with Gasteiger partial charge in [0.2, 0.25) is 5.91 Å². The average molecular weight is 345 g/mol. The molecule has 0 aliphatic carbocycles. The molecule has 1 aromatic carbocycles. The Hall–Kier alpha value is -2.25.